The second kappa shape index (κ2) is 5.71. The molecule has 2 atom stereocenters. The van der Waals surface area contributed by atoms with Crippen molar-refractivity contribution in [3.63, 3.8) is 0 Å². The Bertz CT molecular complexity index is 586. The molecule has 0 aliphatic carbocycles. The molecule has 2 rings (SSSR count). The molecule has 1 aliphatic heterocycles. The Balaban J connectivity index is 2.19. The minimum absolute atomic E-state index is 0.0844. The van der Waals surface area contributed by atoms with E-state index in [4.69, 9.17) is 5.73 Å². The Morgan fingerprint density at radius 2 is 1.81 bits per heavy atom. The molecule has 1 fully saturated rings. The van der Waals surface area contributed by atoms with Gasteiger partial charge in [0, 0.05) is 19.1 Å². The summed E-state index contributed by atoms with van der Waals surface area (Å²) in [7, 11) is -3.38. The Labute approximate surface area is 128 Å². The Morgan fingerprint density at radius 3 is 2.24 bits per heavy atom. The summed E-state index contributed by atoms with van der Waals surface area (Å²) >= 11 is 0. The van der Waals surface area contributed by atoms with Gasteiger partial charge in [0.25, 0.3) is 0 Å². The standard InChI is InChI=1S/C16H26N2O2S/c1-12(17)13-5-7-15(8-6-13)21(19,20)18-10-9-14(11-18)16(2,3)4/h5-8,12,14H,9-11,17H2,1-4H3. The second-order valence-electron chi connectivity index (χ2n) is 7.07. The molecule has 0 saturated carbocycles. The fourth-order valence-electron chi connectivity index (χ4n) is 2.75. The van der Waals surface area contributed by atoms with Crippen molar-refractivity contribution in [1.29, 1.82) is 0 Å². The number of rotatable bonds is 3. The summed E-state index contributed by atoms with van der Waals surface area (Å²) in [6, 6.07) is 6.85. The first-order valence-electron chi connectivity index (χ1n) is 7.48. The van der Waals surface area contributed by atoms with Crippen LogP contribution in [0.4, 0.5) is 0 Å². The van der Waals surface area contributed by atoms with Crippen LogP contribution >= 0.6 is 0 Å². The Morgan fingerprint density at radius 1 is 1.24 bits per heavy atom. The lowest BCUT2D eigenvalue weighted by molar-refractivity contribution is 0.252. The van der Waals surface area contributed by atoms with Gasteiger partial charge in [-0.15, -0.1) is 0 Å². The van der Waals surface area contributed by atoms with Gasteiger partial charge in [-0.05, 0) is 42.4 Å². The molecule has 0 aromatic heterocycles. The van der Waals surface area contributed by atoms with Gasteiger partial charge in [0.05, 0.1) is 4.90 Å². The zero-order valence-electron chi connectivity index (χ0n) is 13.3. The van der Waals surface area contributed by atoms with Crippen molar-refractivity contribution < 1.29 is 8.42 Å². The topological polar surface area (TPSA) is 63.4 Å². The van der Waals surface area contributed by atoms with Crippen molar-refractivity contribution >= 4 is 10.0 Å². The lowest BCUT2D eigenvalue weighted by atomic mass is 9.80. The number of benzene rings is 1. The van der Waals surface area contributed by atoms with E-state index >= 15 is 0 Å². The second-order valence-corrected chi connectivity index (χ2v) is 9.01. The molecule has 118 valence electrons. The van der Waals surface area contributed by atoms with Gasteiger partial charge in [-0.1, -0.05) is 32.9 Å². The number of hydrogen-bond acceptors (Lipinski definition) is 3. The molecule has 1 aromatic rings. The summed E-state index contributed by atoms with van der Waals surface area (Å²) < 4.78 is 27.0. The summed E-state index contributed by atoms with van der Waals surface area (Å²) in [6.45, 7) is 9.62. The molecule has 0 amide bonds. The van der Waals surface area contributed by atoms with Gasteiger partial charge in [0.15, 0.2) is 0 Å². The van der Waals surface area contributed by atoms with Crippen LogP contribution in [-0.4, -0.2) is 25.8 Å². The summed E-state index contributed by atoms with van der Waals surface area (Å²) in [5.74, 6) is 0.413. The number of sulfonamides is 1. The molecule has 0 radical (unpaired) electrons. The summed E-state index contributed by atoms with van der Waals surface area (Å²) in [5.41, 5.74) is 6.89. The summed E-state index contributed by atoms with van der Waals surface area (Å²) in [4.78, 5) is 0.362. The maximum atomic E-state index is 12.7. The molecule has 5 heteroatoms. The number of nitrogens with zero attached hydrogens (tertiary/aromatic N) is 1. The normalized spacial score (nSPS) is 22.4. The zero-order chi connectivity index (χ0) is 15.8. The van der Waals surface area contributed by atoms with E-state index in [9.17, 15) is 8.42 Å². The van der Waals surface area contributed by atoms with Gasteiger partial charge in [0.1, 0.15) is 0 Å². The van der Waals surface area contributed by atoms with E-state index in [1.165, 1.54) is 0 Å². The predicted molar refractivity (Wildman–Crippen MR) is 85.4 cm³/mol. The van der Waals surface area contributed by atoms with Crippen molar-refractivity contribution in [3.8, 4) is 0 Å². The van der Waals surface area contributed by atoms with E-state index < -0.39 is 10.0 Å². The molecule has 1 aromatic carbocycles. The van der Waals surface area contributed by atoms with Crippen molar-refractivity contribution in [3.05, 3.63) is 29.8 Å². The van der Waals surface area contributed by atoms with Crippen molar-refractivity contribution in [2.24, 2.45) is 17.1 Å². The molecule has 21 heavy (non-hydrogen) atoms. The van der Waals surface area contributed by atoms with Gasteiger partial charge >= 0.3 is 0 Å². The molecule has 2 N–H and O–H groups in total. The monoisotopic (exact) mass is 310 g/mol. The largest absolute Gasteiger partial charge is 0.324 e. The van der Waals surface area contributed by atoms with Gasteiger partial charge in [-0.3, -0.25) is 0 Å². The Kier molecular flexibility index (Phi) is 4.47. The molecule has 0 bridgehead atoms. The lowest BCUT2D eigenvalue weighted by Gasteiger charge is -2.26. The van der Waals surface area contributed by atoms with E-state index in [-0.39, 0.29) is 11.5 Å². The SMILES string of the molecule is CC(N)c1ccc(S(=O)(=O)N2CCC(C(C)(C)C)C2)cc1. The fourth-order valence-corrected chi connectivity index (χ4v) is 4.25. The molecule has 2 unspecified atom stereocenters. The maximum Gasteiger partial charge on any atom is 0.243 e. The van der Waals surface area contributed by atoms with Crippen LogP contribution in [0, 0.1) is 11.3 Å². The maximum absolute atomic E-state index is 12.7. The van der Waals surface area contributed by atoms with E-state index in [1.54, 1.807) is 28.6 Å². The minimum atomic E-state index is -3.38. The van der Waals surface area contributed by atoms with Gasteiger partial charge < -0.3 is 5.73 Å². The average Bonchev–Trinajstić information content (AvgIpc) is 2.89. The quantitative estimate of drug-likeness (QED) is 0.933. The van der Waals surface area contributed by atoms with Crippen LogP contribution in [0.15, 0.2) is 29.2 Å². The average molecular weight is 310 g/mol. The lowest BCUT2D eigenvalue weighted by Crippen LogP contribution is -2.31. The van der Waals surface area contributed by atoms with E-state index in [1.807, 2.05) is 6.92 Å². The third-order valence-corrected chi connectivity index (χ3v) is 6.30. The molecular weight excluding hydrogens is 284 g/mol. The first kappa shape index (κ1) is 16.5. The minimum Gasteiger partial charge on any atom is -0.324 e. The van der Waals surface area contributed by atoms with Crippen molar-refractivity contribution in [2.75, 3.05) is 13.1 Å². The molecule has 1 heterocycles. The molecule has 1 saturated heterocycles. The molecular formula is C16H26N2O2S. The zero-order valence-corrected chi connectivity index (χ0v) is 14.2. The summed E-state index contributed by atoms with van der Waals surface area (Å²) in [5, 5.41) is 0. The first-order valence-corrected chi connectivity index (χ1v) is 8.92. The molecule has 4 nitrogen and oxygen atoms in total. The number of nitrogens with two attached hydrogens (primary N) is 1. The molecule has 0 spiro atoms. The highest BCUT2D eigenvalue weighted by Gasteiger charge is 2.37. The smallest absolute Gasteiger partial charge is 0.243 e. The first-order chi connectivity index (χ1) is 9.62. The molecule has 1 aliphatic rings. The van der Waals surface area contributed by atoms with E-state index in [0.29, 0.717) is 23.9 Å². The summed E-state index contributed by atoms with van der Waals surface area (Å²) in [6.07, 6.45) is 0.931. The third kappa shape index (κ3) is 3.47. The van der Waals surface area contributed by atoms with Crippen LogP contribution in [-0.2, 0) is 10.0 Å². The van der Waals surface area contributed by atoms with Gasteiger partial charge in [-0.2, -0.15) is 4.31 Å². The number of hydrogen-bond donors (Lipinski definition) is 1. The van der Waals surface area contributed by atoms with E-state index in [0.717, 1.165) is 12.0 Å². The van der Waals surface area contributed by atoms with Crippen LogP contribution in [0.25, 0.3) is 0 Å². The Hall–Kier alpha value is -0.910. The van der Waals surface area contributed by atoms with Crippen LogP contribution in [0.2, 0.25) is 0 Å². The van der Waals surface area contributed by atoms with Crippen LogP contribution < -0.4 is 5.73 Å². The van der Waals surface area contributed by atoms with Crippen molar-refractivity contribution in [2.45, 2.75) is 45.1 Å². The predicted octanol–water partition coefficient (Wildman–Crippen LogP) is 2.76. The highest BCUT2D eigenvalue weighted by atomic mass is 32.2. The van der Waals surface area contributed by atoms with Crippen LogP contribution in [0.5, 0.6) is 0 Å². The van der Waals surface area contributed by atoms with Gasteiger partial charge in [0.2, 0.25) is 10.0 Å². The van der Waals surface area contributed by atoms with Crippen molar-refractivity contribution in [1.82, 2.24) is 4.31 Å². The highest BCUT2D eigenvalue weighted by Crippen LogP contribution is 2.35. The third-order valence-electron chi connectivity index (χ3n) is 4.42. The van der Waals surface area contributed by atoms with E-state index in [2.05, 4.69) is 20.8 Å². The highest BCUT2D eigenvalue weighted by molar-refractivity contribution is 7.89. The van der Waals surface area contributed by atoms with Crippen LogP contribution in [0.3, 0.4) is 0 Å². The van der Waals surface area contributed by atoms with Gasteiger partial charge in [-0.25, -0.2) is 8.42 Å². The fraction of sp³-hybridized carbons (Fsp3) is 0.625. The van der Waals surface area contributed by atoms with Crippen LogP contribution in [0.1, 0.15) is 45.7 Å².